The van der Waals surface area contributed by atoms with Gasteiger partial charge in [-0.25, -0.2) is 4.98 Å². The van der Waals surface area contributed by atoms with Crippen molar-refractivity contribution in [2.24, 2.45) is 11.8 Å². The van der Waals surface area contributed by atoms with E-state index in [4.69, 9.17) is 9.47 Å². The smallest absolute Gasteiger partial charge is 0.277 e. The molecule has 11 heteroatoms. The number of piperidine rings is 1. The molecule has 3 aliphatic heterocycles. The molecule has 3 amide bonds. The zero-order valence-corrected chi connectivity index (χ0v) is 25.4. The van der Waals surface area contributed by atoms with Gasteiger partial charge in [0.25, 0.3) is 5.91 Å². The highest BCUT2D eigenvalue weighted by Gasteiger charge is 2.46. The second kappa shape index (κ2) is 12.5. The number of fused-ring (bicyclic) bond motifs is 1. The molecule has 0 saturated carbocycles. The lowest BCUT2D eigenvalue weighted by Crippen LogP contribution is -2.51. The van der Waals surface area contributed by atoms with Crippen molar-refractivity contribution in [3.05, 3.63) is 78.1 Å². The van der Waals surface area contributed by atoms with Gasteiger partial charge in [-0.05, 0) is 48.4 Å². The normalized spacial score (nSPS) is 22.8. The maximum absolute atomic E-state index is 14.2. The van der Waals surface area contributed by atoms with E-state index in [1.54, 1.807) is 24.5 Å². The standard InChI is InChI=1S/C33H40N6O5/c1-33(2,3)22-6-8-24(9-7-22)39(31(42)27-18-35-20-36-27)28(21-5-4-13-34-17-21)29(40)37-23-10-14-38(15-11-23)30(41)26-19-44-32-25(26)12-16-43-32/h4-9,13,17-18,20,23,25-26,28,32H,10-12,14-16,19H2,1-3H3,(H,35,36)(H,37,40). The first-order valence-corrected chi connectivity index (χ1v) is 15.4. The summed E-state index contributed by atoms with van der Waals surface area (Å²) < 4.78 is 11.3. The largest absolute Gasteiger partial charge is 0.352 e. The number of carbonyl (C=O) groups is 3. The van der Waals surface area contributed by atoms with Gasteiger partial charge in [-0.1, -0.05) is 39.0 Å². The monoisotopic (exact) mass is 600 g/mol. The molecule has 0 spiro atoms. The summed E-state index contributed by atoms with van der Waals surface area (Å²) in [6.45, 7) is 8.49. The molecule has 2 N–H and O–H groups in total. The first-order chi connectivity index (χ1) is 21.2. The minimum Gasteiger partial charge on any atom is -0.352 e. The second-order valence-corrected chi connectivity index (χ2v) is 12.9. The number of nitrogens with one attached hydrogen (secondary N) is 2. The van der Waals surface area contributed by atoms with Crippen LogP contribution in [0.2, 0.25) is 0 Å². The summed E-state index contributed by atoms with van der Waals surface area (Å²) in [5, 5.41) is 3.20. The number of rotatable bonds is 7. The molecule has 0 aliphatic carbocycles. The number of ether oxygens (including phenoxy) is 2. The van der Waals surface area contributed by atoms with Crippen molar-refractivity contribution >= 4 is 23.4 Å². The predicted octanol–water partition coefficient (Wildman–Crippen LogP) is 3.61. The number of aromatic amines is 1. The van der Waals surface area contributed by atoms with E-state index < -0.39 is 6.04 Å². The number of amides is 3. The van der Waals surface area contributed by atoms with Crippen molar-refractivity contribution in [1.29, 1.82) is 0 Å². The summed E-state index contributed by atoms with van der Waals surface area (Å²) >= 11 is 0. The number of hydrogen-bond donors (Lipinski definition) is 2. The summed E-state index contributed by atoms with van der Waals surface area (Å²) in [6, 6.07) is 10.2. The van der Waals surface area contributed by atoms with Crippen molar-refractivity contribution in [3.8, 4) is 0 Å². The molecule has 3 aromatic rings. The van der Waals surface area contributed by atoms with Crippen LogP contribution in [0, 0.1) is 11.8 Å². The third kappa shape index (κ3) is 6.11. The van der Waals surface area contributed by atoms with Crippen LogP contribution in [0.15, 0.2) is 61.3 Å². The molecule has 0 radical (unpaired) electrons. The van der Waals surface area contributed by atoms with Crippen LogP contribution in [0.3, 0.4) is 0 Å². The first-order valence-electron chi connectivity index (χ1n) is 15.4. The average molecular weight is 601 g/mol. The van der Waals surface area contributed by atoms with Gasteiger partial charge in [0.1, 0.15) is 11.7 Å². The van der Waals surface area contributed by atoms with Gasteiger partial charge in [-0.15, -0.1) is 0 Å². The van der Waals surface area contributed by atoms with Gasteiger partial charge in [0.2, 0.25) is 11.8 Å². The fraction of sp³-hybridized carbons (Fsp3) is 0.485. The van der Waals surface area contributed by atoms with E-state index in [1.165, 1.54) is 17.4 Å². The summed E-state index contributed by atoms with van der Waals surface area (Å²) in [4.78, 5) is 56.1. The number of benzene rings is 1. The van der Waals surface area contributed by atoms with Gasteiger partial charge < -0.3 is 24.7 Å². The van der Waals surface area contributed by atoms with Crippen LogP contribution in [-0.2, 0) is 24.5 Å². The van der Waals surface area contributed by atoms with Crippen LogP contribution >= 0.6 is 0 Å². The molecule has 0 bridgehead atoms. The lowest BCUT2D eigenvalue weighted by molar-refractivity contribution is -0.137. The van der Waals surface area contributed by atoms with Gasteiger partial charge in [0, 0.05) is 48.7 Å². The van der Waals surface area contributed by atoms with Gasteiger partial charge in [-0.2, -0.15) is 0 Å². The minimum absolute atomic E-state index is 0.0789. The molecule has 1 aromatic carbocycles. The van der Waals surface area contributed by atoms with Gasteiger partial charge >= 0.3 is 0 Å². The van der Waals surface area contributed by atoms with Crippen molar-refractivity contribution in [3.63, 3.8) is 0 Å². The second-order valence-electron chi connectivity index (χ2n) is 12.9. The van der Waals surface area contributed by atoms with Crippen LogP contribution in [0.5, 0.6) is 0 Å². The van der Waals surface area contributed by atoms with Gasteiger partial charge in [-0.3, -0.25) is 24.3 Å². The van der Waals surface area contributed by atoms with Crippen molar-refractivity contribution < 1.29 is 23.9 Å². The number of likely N-dealkylation sites (tertiary alicyclic amines) is 1. The van der Waals surface area contributed by atoms with E-state index in [-0.39, 0.29) is 53.0 Å². The topological polar surface area (TPSA) is 130 Å². The maximum atomic E-state index is 14.2. The van der Waals surface area contributed by atoms with Crippen LogP contribution in [0.25, 0.3) is 0 Å². The Labute approximate surface area is 257 Å². The molecule has 44 heavy (non-hydrogen) atoms. The Morgan fingerprint density at radius 1 is 1.02 bits per heavy atom. The van der Waals surface area contributed by atoms with Gasteiger partial charge in [0.15, 0.2) is 6.29 Å². The van der Waals surface area contributed by atoms with Gasteiger partial charge in [0.05, 0.1) is 31.7 Å². The van der Waals surface area contributed by atoms with Crippen molar-refractivity contribution in [2.75, 3.05) is 31.2 Å². The van der Waals surface area contributed by atoms with E-state index in [1.807, 2.05) is 29.2 Å². The molecular weight excluding hydrogens is 560 g/mol. The van der Waals surface area contributed by atoms with Crippen LogP contribution in [-0.4, -0.2) is 76.2 Å². The lowest BCUT2D eigenvalue weighted by atomic mass is 9.87. The molecule has 232 valence electrons. The molecule has 4 atom stereocenters. The molecule has 4 unspecified atom stereocenters. The Morgan fingerprint density at radius 2 is 1.80 bits per heavy atom. The SMILES string of the molecule is CC(C)(C)c1ccc(N(C(=O)c2cnc[nH]2)C(C(=O)NC2CCN(C(=O)C3COC4OCCC43)CC2)c2cccnc2)cc1. The Hall–Kier alpha value is -4.09. The summed E-state index contributed by atoms with van der Waals surface area (Å²) in [7, 11) is 0. The zero-order valence-electron chi connectivity index (χ0n) is 25.4. The van der Waals surface area contributed by atoms with E-state index in [2.05, 4.69) is 41.0 Å². The Kier molecular flexibility index (Phi) is 8.50. The summed E-state index contributed by atoms with van der Waals surface area (Å²) in [6.07, 6.45) is 7.97. The van der Waals surface area contributed by atoms with Crippen LogP contribution in [0.4, 0.5) is 5.69 Å². The highest BCUT2D eigenvalue weighted by molar-refractivity contribution is 6.09. The number of nitrogens with zero attached hydrogens (tertiary/aromatic N) is 4. The molecule has 3 aliphatic rings. The zero-order chi connectivity index (χ0) is 30.8. The summed E-state index contributed by atoms with van der Waals surface area (Å²) in [5.74, 6) is -0.642. The molecule has 6 rings (SSSR count). The average Bonchev–Trinajstić information content (AvgIpc) is 3.80. The summed E-state index contributed by atoms with van der Waals surface area (Å²) in [5.41, 5.74) is 2.46. The number of carbonyl (C=O) groups excluding carboxylic acids is 3. The third-order valence-corrected chi connectivity index (χ3v) is 8.98. The van der Waals surface area contributed by atoms with Crippen molar-refractivity contribution in [1.82, 2.24) is 25.2 Å². The van der Waals surface area contributed by atoms with Crippen molar-refractivity contribution in [2.45, 2.75) is 63.8 Å². The van der Waals surface area contributed by atoms with E-state index in [0.717, 1.165) is 12.0 Å². The van der Waals surface area contributed by atoms with E-state index >= 15 is 0 Å². The number of hydrogen-bond acceptors (Lipinski definition) is 7. The van der Waals surface area contributed by atoms with E-state index in [0.29, 0.717) is 50.4 Å². The fourth-order valence-electron chi connectivity index (χ4n) is 6.44. The fourth-order valence-corrected chi connectivity index (χ4v) is 6.44. The third-order valence-electron chi connectivity index (χ3n) is 8.98. The molecule has 5 heterocycles. The predicted molar refractivity (Wildman–Crippen MR) is 163 cm³/mol. The number of H-pyrrole nitrogens is 1. The molecule has 11 nitrogen and oxygen atoms in total. The number of imidazole rings is 1. The molecule has 3 saturated heterocycles. The Bertz CT molecular complexity index is 1450. The molecule has 2 aromatic heterocycles. The Balaban J connectivity index is 1.22. The first kappa shape index (κ1) is 30.0. The minimum atomic E-state index is -0.991. The number of pyridine rings is 1. The van der Waals surface area contributed by atoms with Crippen LogP contribution in [0.1, 0.15) is 67.7 Å². The number of aromatic nitrogens is 3. The highest BCUT2D eigenvalue weighted by atomic mass is 16.7. The molecular formula is C33H40N6O5. The van der Waals surface area contributed by atoms with Crippen LogP contribution < -0.4 is 10.2 Å². The lowest BCUT2D eigenvalue weighted by Gasteiger charge is -2.36. The molecule has 3 fully saturated rings. The number of anilines is 1. The van der Waals surface area contributed by atoms with E-state index in [9.17, 15) is 14.4 Å². The highest BCUT2D eigenvalue weighted by Crippen LogP contribution is 2.37. The maximum Gasteiger partial charge on any atom is 0.277 e. The quantitative estimate of drug-likeness (QED) is 0.424. The Morgan fingerprint density at radius 3 is 2.45 bits per heavy atom.